The molecule has 2 aliphatic rings. The van der Waals surface area contributed by atoms with Gasteiger partial charge in [-0.2, -0.15) is 0 Å². The van der Waals surface area contributed by atoms with Gasteiger partial charge in [0.25, 0.3) is 0 Å². The topological polar surface area (TPSA) is 207 Å². The molecule has 1 unspecified atom stereocenters. The molecule has 0 aromatic rings. The lowest BCUT2D eigenvalue weighted by atomic mass is 9.88. The number of carbonyl (C=O) groups is 6. The zero-order valence-electron chi connectivity index (χ0n) is 35.3. The van der Waals surface area contributed by atoms with E-state index in [1.165, 1.54) is 124 Å². The summed E-state index contributed by atoms with van der Waals surface area (Å²) in [4.78, 5) is 64.8. The van der Waals surface area contributed by atoms with Gasteiger partial charge in [-0.1, -0.05) is 111 Å². The number of Topliss-reactive ketones (excluding diaryl/α,β-unsaturated/α-hetero) is 2. The minimum absolute atomic E-state index is 0. The van der Waals surface area contributed by atoms with E-state index in [9.17, 15) is 28.8 Å². The number of carbonyl (C=O) groups excluding carboxylic acids is 6. The Balaban J connectivity index is -0.000000716. The molecule has 2 heterocycles. The van der Waals surface area contributed by atoms with Crippen molar-refractivity contribution in [2.75, 3.05) is 59.5 Å². The molecule has 2 aliphatic heterocycles. The van der Waals surface area contributed by atoms with E-state index in [1.54, 1.807) is 6.92 Å². The monoisotopic (exact) mass is 823 g/mol. The third-order valence-electron chi connectivity index (χ3n) is 9.08. The van der Waals surface area contributed by atoms with E-state index < -0.39 is 35.3 Å². The van der Waals surface area contributed by atoms with E-state index >= 15 is 0 Å². The Bertz CT molecular complexity index is 1030. The van der Waals surface area contributed by atoms with Crippen molar-refractivity contribution in [1.29, 1.82) is 0 Å². The summed E-state index contributed by atoms with van der Waals surface area (Å²) in [6, 6.07) is 0. The van der Waals surface area contributed by atoms with Gasteiger partial charge in [-0.05, 0) is 34.1 Å². The number of ether oxygens (including phenoxy) is 7. The molecule has 0 radical (unpaired) electrons. The molecule has 0 aromatic carbocycles. The maximum atomic E-state index is 11.5. The SMILES string of the molecule is C.CC(=O)C1(C)COC(=O)OC1.CC(=O)OCC(C)(COC(=O)OCCCO)C(C)=O.CCCCCCCCCCCCCCCCCCO.O=C1OCCCO1. The van der Waals surface area contributed by atoms with Gasteiger partial charge in [0.05, 0.1) is 30.7 Å². The summed E-state index contributed by atoms with van der Waals surface area (Å²) in [7, 11) is 0. The zero-order valence-corrected chi connectivity index (χ0v) is 35.3. The number of rotatable bonds is 25. The molecule has 15 heteroatoms. The number of aliphatic hydroxyl groups is 2. The van der Waals surface area contributed by atoms with Crippen LogP contribution in [0.4, 0.5) is 14.4 Å². The van der Waals surface area contributed by atoms with Gasteiger partial charge in [0.1, 0.15) is 38.0 Å². The molecule has 336 valence electrons. The predicted molar refractivity (Wildman–Crippen MR) is 216 cm³/mol. The van der Waals surface area contributed by atoms with Crippen molar-refractivity contribution < 1.29 is 72.1 Å². The largest absolute Gasteiger partial charge is 0.508 e. The highest BCUT2D eigenvalue weighted by Crippen LogP contribution is 2.23. The van der Waals surface area contributed by atoms with Crippen LogP contribution in [0.5, 0.6) is 0 Å². The first-order valence-electron chi connectivity index (χ1n) is 20.4. The highest BCUT2D eigenvalue weighted by molar-refractivity contribution is 5.83. The summed E-state index contributed by atoms with van der Waals surface area (Å²) in [6.45, 7) is 10.7. The van der Waals surface area contributed by atoms with E-state index in [0.29, 0.717) is 26.2 Å². The van der Waals surface area contributed by atoms with E-state index in [1.807, 2.05) is 0 Å². The minimum atomic E-state index is -1.10. The van der Waals surface area contributed by atoms with E-state index in [4.69, 9.17) is 19.7 Å². The number of cyclic esters (lactones) is 4. The van der Waals surface area contributed by atoms with Crippen LogP contribution in [0, 0.1) is 10.8 Å². The van der Waals surface area contributed by atoms with Crippen molar-refractivity contribution in [3.8, 4) is 0 Å². The highest BCUT2D eigenvalue weighted by atomic mass is 16.7. The third kappa shape index (κ3) is 35.4. The van der Waals surface area contributed by atoms with Gasteiger partial charge in [-0.15, -0.1) is 0 Å². The number of hydrogen-bond acceptors (Lipinski definition) is 15. The predicted octanol–water partition coefficient (Wildman–Crippen LogP) is 8.85. The molecule has 0 aliphatic carbocycles. The lowest BCUT2D eigenvalue weighted by Crippen LogP contribution is -2.41. The minimum Gasteiger partial charge on any atom is -0.465 e. The van der Waals surface area contributed by atoms with Crippen molar-refractivity contribution in [2.45, 2.75) is 165 Å². The molecular formula is C42H78O15. The molecule has 2 rings (SSSR count). The molecule has 0 bridgehead atoms. The van der Waals surface area contributed by atoms with Gasteiger partial charge in [0.15, 0.2) is 0 Å². The summed E-state index contributed by atoms with van der Waals surface area (Å²) in [5.41, 5.74) is -1.74. The second-order valence-electron chi connectivity index (χ2n) is 14.6. The van der Waals surface area contributed by atoms with Crippen LogP contribution in [0.2, 0.25) is 0 Å². The molecule has 15 nitrogen and oxygen atoms in total. The molecule has 2 saturated heterocycles. The van der Waals surface area contributed by atoms with Crippen LogP contribution >= 0.6 is 0 Å². The van der Waals surface area contributed by atoms with Crippen LogP contribution < -0.4 is 0 Å². The van der Waals surface area contributed by atoms with Crippen molar-refractivity contribution in [3.63, 3.8) is 0 Å². The third-order valence-corrected chi connectivity index (χ3v) is 9.08. The average molecular weight is 823 g/mol. The van der Waals surface area contributed by atoms with Crippen LogP contribution in [0.1, 0.15) is 165 Å². The second-order valence-corrected chi connectivity index (χ2v) is 14.6. The van der Waals surface area contributed by atoms with E-state index in [2.05, 4.69) is 30.6 Å². The fourth-order valence-electron chi connectivity index (χ4n) is 4.78. The molecule has 1 atom stereocenters. The van der Waals surface area contributed by atoms with Crippen molar-refractivity contribution in [3.05, 3.63) is 0 Å². The van der Waals surface area contributed by atoms with Crippen molar-refractivity contribution >= 4 is 36.0 Å². The molecule has 0 saturated carbocycles. The fourth-order valence-corrected chi connectivity index (χ4v) is 4.78. The summed E-state index contributed by atoms with van der Waals surface area (Å²) < 4.78 is 32.2. The molecule has 0 spiro atoms. The quantitative estimate of drug-likeness (QED) is 0.0501. The van der Waals surface area contributed by atoms with Gasteiger partial charge in [0.2, 0.25) is 0 Å². The van der Waals surface area contributed by atoms with Gasteiger partial charge in [0, 0.05) is 33.0 Å². The first-order valence-corrected chi connectivity index (χ1v) is 20.4. The molecule has 57 heavy (non-hydrogen) atoms. The summed E-state index contributed by atoms with van der Waals surface area (Å²) >= 11 is 0. The van der Waals surface area contributed by atoms with Gasteiger partial charge in [-0.25, -0.2) is 14.4 Å². The maximum Gasteiger partial charge on any atom is 0.508 e. The van der Waals surface area contributed by atoms with Crippen molar-refractivity contribution in [2.24, 2.45) is 10.8 Å². The number of hydrogen-bond donors (Lipinski definition) is 2. The first kappa shape index (κ1) is 57.9. The number of ketones is 2. The molecule has 0 amide bonds. The van der Waals surface area contributed by atoms with Gasteiger partial charge in [-0.3, -0.25) is 14.4 Å². The van der Waals surface area contributed by atoms with Gasteiger partial charge < -0.3 is 43.4 Å². The van der Waals surface area contributed by atoms with Crippen LogP contribution in [-0.4, -0.2) is 106 Å². The van der Waals surface area contributed by atoms with Crippen LogP contribution in [0.25, 0.3) is 0 Å². The van der Waals surface area contributed by atoms with E-state index in [-0.39, 0.29) is 58.6 Å². The Labute approximate surface area is 342 Å². The van der Waals surface area contributed by atoms with Crippen molar-refractivity contribution in [1.82, 2.24) is 0 Å². The Morgan fingerprint density at radius 2 is 1.04 bits per heavy atom. The lowest BCUT2D eigenvalue weighted by Gasteiger charge is -2.29. The Morgan fingerprint density at radius 1 is 0.632 bits per heavy atom. The summed E-state index contributed by atoms with van der Waals surface area (Å²) in [5, 5.41) is 17.2. The smallest absolute Gasteiger partial charge is 0.465 e. The standard InChI is InChI=1S/C18H38O.C12H20O7.C7H10O4.C4H6O3.CH4/c1-2-3-4-5-6-7-8-9-10-11-12-13-14-15-16-17-18-19;1-9(14)12(3,7-18-10(2)15)8-19-11(16)17-6-4-5-13;1-5(8)7(2)3-10-6(9)11-4-7;5-4-6-2-1-3-7-4;/h19H,2-18H2,1H3;13H,4-8H2,1-3H3;3-4H2,1-2H3;1-3H2;1H4. The normalized spacial score (nSPS) is 14.8. The van der Waals surface area contributed by atoms with Crippen LogP contribution in [0.15, 0.2) is 0 Å². The molecule has 2 N–H and O–H groups in total. The number of unbranched alkanes of at least 4 members (excludes halogenated alkanes) is 15. The molecular weight excluding hydrogens is 744 g/mol. The highest BCUT2D eigenvalue weighted by Gasteiger charge is 2.37. The number of esters is 1. The maximum absolute atomic E-state index is 11.5. The Kier molecular flexibility index (Phi) is 38.7. The Morgan fingerprint density at radius 3 is 1.39 bits per heavy atom. The molecule has 0 aromatic heterocycles. The first-order chi connectivity index (χ1) is 26.7. The van der Waals surface area contributed by atoms with Gasteiger partial charge >= 0.3 is 24.4 Å². The summed E-state index contributed by atoms with van der Waals surface area (Å²) in [5.74, 6) is -0.806. The summed E-state index contributed by atoms with van der Waals surface area (Å²) in [6.07, 6.45) is 21.2. The van der Waals surface area contributed by atoms with Crippen LogP contribution in [-0.2, 0) is 47.5 Å². The second kappa shape index (κ2) is 38.1. The van der Waals surface area contributed by atoms with Crippen LogP contribution in [0.3, 0.4) is 0 Å². The zero-order chi connectivity index (χ0) is 42.5. The number of aliphatic hydroxyl groups excluding tert-OH is 2. The average Bonchev–Trinajstić information content (AvgIpc) is 3.17. The fraction of sp³-hybridized carbons (Fsp3) is 0.857. The van der Waals surface area contributed by atoms with E-state index in [0.717, 1.165) is 12.8 Å². The molecule has 2 fully saturated rings. The Hall–Kier alpha value is -3.46. The lowest BCUT2D eigenvalue weighted by molar-refractivity contribution is -0.148.